The summed E-state index contributed by atoms with van der Waals surface area (Å²) >= 11 is 0. The summed E-state index contributed by atoms with van der Waals surface area (Å²) in [6, 6.07) is 18.3. The second-order valence-electron chi connectivity index (χ2n) is 7.07. The molecule has 1 aliphatic rings. The Hall–Kier alpha value is -3.94. The molecule has 3 aromatic rings. The maximum absolute atomic E-state index is 12.9. The average Bonchev–Trinajstić information content (AvgIpc) is 2.74. The molecule has 30 heavy (non-hydrogen) atoms. The summed E-state index contributed by atoms with van der Waals surface area (Å²) in [5, 5.41) is 5.35. The molecule has 2 amide bonds. The Morgan fingerprint density at radius 1 is 1.00 bits per heavy atom. The van der Waals surface area contributed by atoms with E-state index in [1.54, 1.807) is 24.3 Å². The van der Waals surface area contributed by atoms with E-state index in [-0.39, 0.29) is 24.3 Å². The number of anilines is 2. The molecular formula is C22H20N4O4. The van der Waals surface area contributed by atoms with Crippen molar-refractivity contribution in [2.45, 2.75) is 25.3 Å². The van der Waals surface area contributed by atoms with E-state index in [1.165, 1.54) is 4.57 Å². The number of rotatable bonds is 5. The summed E-state index contributed by atoms with van der Waals surface area (Å²) in [4.78, 5) is 52.5. The highest BCUT2D eigenvalue weighted by atomic mass is 16.2. The molecule has 0 radical (unpaired) electrons. The van der Waals surface area contributed by atoms with Crippen molar-refractivity contribution in [1.29, 1.82) is 0 Å². The quantitative estimate of drug-likeness (QED) is 0.602. The highest BCUT2D eigenvalue weighted by Gasteiger charge is 2.35. The number of nitrogens with one attached hydrogen (secondary N) is 3. The van der Waals surface area contributed by atoms with Crippen molar-refractivity contribution in [3.8, 4) is 0 Å². The third kappa shape index (κ3) is 3.93. The van der Waals surface area contributed by atoms with Crippen LogP contribution < -0.4 is 21.9 Å². The fraction of sp³-hybridized carbons (Fsp3) is 0.182. The maximum atomic E-state index is 12.9. The maximum Gasteiger partial charge on any atom is 0.329 e. The highest BCUT2D eigenvalue weighted by Crippen LogP contribution is 2.29. The molecule has 1 aliphatic heterocycles. The van der Waals surface area contributed by atoms with E-state index in [4.69, 9.17) is 0 Å². The third-order valence-corrected chi connectivity index (χ3v) is 5.06. The van der Waals surface area contributed by atoms with E-state index in [1.807, 2.05) is 36.4 Å². The Kier molecular flexibility index (Phi) is 5.30. The van der Waals surface area contributed by atoms with Crippen molar-refractivity contribution in [3.05, 3.63) is 92.6 Å². The normalized spacial score (nSPS) is 15.2. The lowest BCUT2D eigenvalue weighted by molar-refractivity contribution is -0.123. The van der Waals surface area contributed by atoms with Gasteiger partial charge in [0.15, 0.2) is 0 Å². The van der Waals surface area contributed by atoms with Crippen molar-refractivity contribution in [2.24, 2.45) is 0 Å². The molecule has 2 aromatic carbocycles. The summed E-state index contributed by atoms with van der Waals surface area (Å²) in [6.45, 7) is 0.245. The fourth-order valence-corrected chi connectivity index (χ4v) is 3.59. The Labute approximate surface area is 171 Å². The van der Waals surface area contributed by atoms with E-state index in [9.17, 15) is 19.2 Å². The molecule has 152 valence electrons. The molecule has 8 nitrogen and oxygen atoms in total. The molecule has 0 fully saturated rings. The van der Waals surface area contributed by atoms with E-state index in [2.05, 4.69) is 15.6 Å². The first kappa shape index (κ1) is 19.4. The lowest BCUT2D eigenvalue weighted by atomic mass is 9.92. The van der Waals surface area contributed by atoms with Crippen LogP contribution in [0.15, 0.2) is 70.3 Å². The molecule has 3 N–H and O–H groups in total. The van der Waals surface area contributed by atoms with Gasteiger partial charge >= 0.3 is 5.69 Å². The largest absolute Gasteiger partial charge is 0.329 e. The molecular weight excluding hydrogens is 384 g/mol. The topological polar surface area (TPSA) is 113 Å². The minimum atomic E-state index is -0.999. The van der Waals surface area contributed by atoms with Crippen LogP contribution in [-0.4, -0.2) is 21.4 Å². The Morgan fingerprint density at radius 3 is 2.37 bits per heavy atom. The monoisotopic (exact) mass is 404 g/mol. The van der Waals surface area contributed by atoms with Crippen LogP contribution in [0.1, 0.15) is 23.5 Å². The van der Waals surface area contributed by atoms with Gasteiger partial charge in [-0.05, 0) is 24.1 Å². The number of hydrogen-bond acceptors (Lipinski definition) is 4. The average molecular weight is 404 g/mol. The van der Waals surface area contributed by atoms with Crippen LogP contribution in [0.4, 0.5) is 11.5 Å². The molecule has 0 saturated heterocycles. The zero-order valence-electron chi connectivity index (χ0n) is 16.1. The number of benzene rings is 2. The van der Waals surface area contributed by atoms with Crippen molar-refractivity contribution >= 4 is 23.3 Å². The van der Waals surface area contributed by atoms with E-state index in [0.717, 1.165) is 5.56 Å². The second-order valence-corrected chi connectivity index (χ2v) is 7.07. The van der Waals surface area contributed by atoms with Crippen LogP contribution in [-0.2, 0) is 22.6 Å². The summed E-state index contributed by atoms with van der Waals surface area (Å²) in [5.74, 6) is -1.81. The van der Waals surface area contributed by atoms with Gasteiger partial charge in [-0.15, -0.1) is 0 Å². The van der Waals surface area contributed by atoms with Crippen molar-refractivity contribution in [2.75, 3.05) is 10.6 Å². The van der Waals surface area contributed by atoms with Gasteiger partial charge in [0.05, 0.1) is 11.5 Å². The SMILES string of the molecule is O=C1CC(C(=O)Nc2ccccc2)c2c(n(CCc3ccccc3)c(=O)[nH]c2=O)N1. The number of hydrogen-bond donors (Lipinski definition) is 3. The van der Waals surface area contributed by atoms with E-state index in [0.29, 0.717) is 12.1 Å². The van der Waals surface area contributed by atoms with Gasteiger partial charge < -0.3 is 10.6 Å². The number of aromatic nitrogens is 2. The van der Waals surface area contributed by atoms with Gasteiger partial charge in [-0.1, -0.05) is 48.5 Å². The zero-order valence-corrected chi connectivity index (χ0v) is 16.1. The van der Waals surface area contributed by atoms with Gasteiger partial charge in [-0.25, -0.2) is 4.79 Å². The minimum Gasteiger partial charge on any atom is -0.326 e. The number of carbonyl (C=O) groups excluding carboxylic acids is 2. The number of nitrogens with zero attached hydrogens (tertiary/aromatic N) is 1. The van der Waals surface area contributed by atoms with E-state index >= 15 is 0 Å². The lowest BCUT2D eigenvalue weighted by Crippen LogP contribution is -2.42. The second kappa shape index (κ2) is 8.20. The Balaban J connectivity index is 1.70. The molecule has 8 heteroatoms. The number of fused-ring (bicyclic) bond motifs is 1. The molecule has 4 rings (SSSR count). The molecule has 0 spiro atoms. The van der Waals surface area contributed by atoms with Gasteiger partial charge in [0.1, 0.15) is 5.82 Å². The number of H-pyrrole nitrogens is 1. The summed E-state index contributed by atoms with van der Waals surface area (Å²) in [5.41, 5.74) is 0.364. The zero-order chi connectivity index (χ0) is 21.1. The van der Waals surface area contributed by atoms with Crippen molar-refractivity contribution in [1.82, 2.24) is 9.55 Å². The van der Waals surface area contributed by atoms with E-state index < -0.39 is 29.0 Å². The minimum absolute atomic E-state index is 0.0872. The van der Waals surface area contributed by atoms with Gasteiger partial charge in [-0.2, -0.15) is 0 Å². The van der Waals surface area contributed by atoms with Crippen LogP contribution in [0.25, 0.3) is 0 Å². The fourth-order valence-electron chi connectivity index (χ4n) is 3.59. The Morgan fingerprint density at radius 2 is 1.67 bits per heavy atom. The van der Waals surface area contributed by atoms with Crippen LogP contribution in [0.2, 0.25) is 0 Å². The van der Waals surface area contributed by atoms with Crippen LogP contribution in [0, 0.1) is 0 Å². The van der Waals surface area contributed by atoms with Gasteiger partial charge in [0.2, 0.25) is 11.8 Å². The first-order valence-corrected chi connectivity index (χ1v) is 9.59. The van der Waals surface area contributed by atoms with Crippen molar-refractivity contribution in [3.63, 3.8) is 0 Å². The molecule has 1 atom stereocenters. The van der Waals surface area contributed by atoms with Crippen LogP contribution in [0.5, 0.6) is 0 Å². The molecule has 0 saturated carbocycles. The lowest BCUT2D eigenvalue weighted by Gasteiger charge is -2.26. The summed E-state index contributed by atoms with van der Waals surface area (Å²) in [7, 11) is 0. The summed E-state index contributed by atoms with van der Waals surface area (Å²) in [6.07, 6.45) is 0.349. The molecule has 1 aromatic heterocycles. The number of carbonyl (C=O) groups is 2. The Bertz CT molecular complexity index is 1200. The van der Waals surface area contributed by atoms with Crippen molar-refractivity contribution < 1.29 is 9.59 Å². The smallest absolute Gasteiger partial charge is 0.326 e. The highest BCUT2D eigenvalue weighted by molar-refractivity contribution is 6.04. The molecule has 2 heterocycles. The predicted octanol–water partition coefficient (Wildman–Crippen LogP) is 1.84. The number of aromatic amines is 1. The molecule has 1 unspecified atom stereocenters. The van der Waals surface area contributed by atoms with Crippen LogP contribution >= 0.6 is 0 Å². The summed E-state index contributed by atoms with van der Waals surface area (Å²) < 4.78 is 1.31. The first-order chi connectivity index (χ1) is 14.5. The van der Waals surface area contributed by atoms with Gasteiger partial charge in [-0.3, -0.25) is 23.9 Å². The van der Waals surface area contributed by atoms with Gasteiger partial charge in [0.25, 0.3) is 5.56 Å². The number of para-hydroxylation sites is 1. The molecule has 0 aliphatic carbocycles. The van der Waals surface area contributed by atoms with Crippen LogP contribution in [0.3, 0.4) is 0 Å². The molecule has 0 bridgehead atoms. The standard InChI is InChI=1S/C22H20N4O4/c27-17-13-16(20(28)23-15-9-5-2-6-10-15)18-19(24-17)26(22(30)25-21(18)29)12-11-14-7-3-1-4-8-14/h1-10,16H,11-13H2,(H,23,28)(H,24,27)(H,25,29,30). The number of aryl methyl sites for hydroxylation is 1. The number of amides is 2. The predicted molar refractivity (Wildman–Crippen MR) is 113 cm³/mol. The third-order valence-electron chi connectivity index (χ3n) is 5.06. The van der Waals surface area contributed by atoms with Gasteiger partial charge in [0, 0.05) is 18.7 Å². The first-order valence-electron chi connectivity index (χ1n) is 9.59.